The van der Waals surface area contributed by atoms with Crippen LogP contribution in [0.2, 0.25) is 0 Å². The fourth-order valence-electron chi connectivity index (χ4n) is 1.49. The normalized spacial score (nSPS) is 25.8. The third-order valence-corrected chi connectivity index (χ3v) is 2.15. The van der Waals surface area contributed by atoms with Crippen molar-refractivity contribution in [3.63, 3.8) is 0 Å². The first-order valence-electron chi connectivity index (χ1n) is 5.20. The van der Waals surface area contributed by atoms with Crippen molar-refractivity contribution < 1.29 is 33.3 Å². The van der Waals surface area contributed by atoms with E-state index in [0.717, 1.165) is 0 Å². The molecule has 0 saturated heterocycles. The molecule has 0 aromatic rings. The van der Waals surface area contributed by atoms with E-state index in [4.69, 9.17) is 14.2 Å². The summed E-state index contributed by atoms with van der Waals surface area (Å²) in [6.07, 6.45) is -0.523. The second kappa shape index (κ2) is 6.04. The molecule has 0 aromatic heterocycles. The van der Waals surface area contributed by atoms with E-state index >= 15 is 0 Å². The molecule has 1 aliphatic rings. The fraction of sp³-hybridized carbons (Fsp3) is 0.545. The Kier molecular flexibility index (Phi) is 4.70. The highest BCUT2D eigenvalue weighted by Crippen LogP contribution is 2.20. The lowest BCUT2D eigenvalue weighted by molar-refractivity contribution is -0.183. The van der Waals surface area contributed by atoms with E-state index in [1.165, 1.54) is 33.3 Å². The van der Waals surface area contributed by atoms with Crippen LogP contribution in [0.5, 0.6) is 0 Å². The summed E-state index contributed by atoms with van der Waals surface area (Å²) in [4.78, 5) is 33.4. The van der Waals surface area contributed by atoms with Gasteiger partial charge in [-0.05, 0) is 6.08 Å². The van der Waals surface area contributed by atoms with Crippen molar-refractivity contribution in [2.45, 2.75) is 32.2 Å². The summed E-state index contributed by atoms with van der Waals surface area (Å²) in [6, 6.07) is 0. The lowest BCUT2D eigenvalue weighted by Crippen LogP contribution is -2.49. The minimum Gasteiger partial charge on any atom is -0.482 e. The molecule has 0 fully saturated rings. The summed E-state index contributed by atoms with van der Waals surface area (Å²) in [5, 5.41) is 0. The Morgan fingerprint density at radius 1 is 1.11 bits per heavy atom. The van der Waals surface area contributed by atoms with Crippen LogP contribution in [-0.4, -0.2) is 43.3 Å². The monoisotopic (exact) mass is 258 g/mol. The van der Waals surface area contributed by atoms with Crippen LogP contribution >= 0.6 is 0 Å². The van der Waals surface area contributed by atoms with Crippen LogP contribution in [0, 0.1) is 0 Å². The molecule has 18 heavy (non-hydrogen) atoms. The van der Waals surface area contributed by atoms with Gasteiger partial charge in [-0.2, -0.15) is 0 Å². The largest absolute Gasteiger partial charge is 0.482 e. The Bertz CT molecular complexity index is 374. The van der Waals surface area contributed by atoms with Gasteiger partial charge in [-0.3, -0.25) is 9.59 Å². The maximum absolute atomic E-state index is 11.5. The number of carbonyl (C=O) groups excluding carboxylic acids is 3. The molecule has 1 heterocycles. The molecule has 0 saturated carbocycles. The molecule has 0 bridgehead atoms. The summed E-state index contributed by atoms with van der Waals surface area (Å²) in [5.74, 6) is -1.90. The topological polar surface area (TPSA) is 88.1 Å². The zero-order valence-electron chi connectivity index (χ0n) is 10.2. The quantitative estimate of drug-likeness (QED) is 0.517. The SMILES string of the molecule is COC(=O)C1OC=CC(OC(C)=O)C1OC(C)=O. The molecule has 7 heteroatoms. The Labute approximate surface area is 104 Å². The second-order valence-electron chi connectivity index (χ2n) is 3.56. The van der Waals surface area contributed by atoms with Gasteiger partial charge in [0.15, 0.2) is 12.2 Å². The van der Waals surface area contributed by atoms with E-state index in [9.17, 15) is 14.4 Å². The maximum atomic E-state index is 11.5. The average molecular weight is 258 g/mol. The van der Waals surface area contributed by atoms with Gasteiger partial charge < -0.3 is 18.9 Å². The Morgan fingerprint density at radius 2 is 1.72 bits per heavy atom. The highest BCUT2D eigenvalue weighted by atomic mass is 16.6. The molecular weight excluding hydrogens is 244 g/mol. The summed E-state index contributed by atoms with van der Waals surface area (Å²) >= 11 is 0. The van der Waals surface area contributed by atoms with Gasteiger partial charge in [-0.15, -0.1) is 0 Å². The fourth-order valence-corrected chi connectivity index (χ4v) is 1.49. The molecule has 0 amide bonds. The molecule has 0 radical (unpaired) electrons. The van der Waals surface area contributed by atoms with Crippen LogP contribution in [0.25, 0.3) is 0 Å². The van der Waals surface area contributed by atoms with Crippen LogP contribution in [0.15, 0.2) is 12.3 Å². The van der Waals surface area contributed by atoms with Gasteiger partial charge in [0.25, 0.3) is 0 Å². The molecule has 3 atom stereocenters. The van der Waals surface area contributed by atoms with Crippen molar-refractivity contribution in [1.82, 2.24) is 0 Å². The van der Waals surface area contributed by atoms with E-state index in [1.807, 2.05) is 0 Å². The molecule has 1 rings (SSSR count). The molecule has 0 spiro atoms. The molecule has 7 nitrogen and oxygen atoms in total. The minimum atomic E-state index is -1.16. The van der Waals surface area contributed by atoms with Crippen LogP contribution in [-0.2, 0) is 33.3 Å². The number of methoxy groups -OCH3 is 1. The van der Waals surface area contributed by atoms with Gasteiger partial charge in [0.1, 0.15) is 0 Å². The van der Waals surface area contributed by atoms with Crippen molar-refractivity contribution in [2.75, 3.05) is 7.11 Å². The smallest absolute Gasteiger partial charge is 0.351 e. The first-order chi connectivity index (χ1) is 8.45. The zero-order valence-corrected chi connectivity index (χ0v) is 10.2. The predicted molar refractivity (Wildman–Crippen MR) is 57.1 cm³/mol. The third kappa shape index (κ3) is 3.47. The van der Waals surface area contributed by atoms with E-state index in [1.54, 1.807) is 0 Å². The minimum absolute atomic E-state index is 0.563. The standard InChI is InChI=1S/C11H14O7/c1-6(12)17-8-4-5-16-10(11(14)15-3)9(8)18-7(2)13/h4-5,8-10H,1-3H3. The zero-order chi connectivity index (χ0) is 13.7. The summed E-state index contributed by atoms with van der Waals surface area (Å²) in [7, 11) is 1.18. The van der Waals surface area contributed by atoms with Crippen LogP contribution in [0.3, 0.4) is 0 Å². The van der Waals surface area contributed by atoms with Crippen molar-refractivity contribution in [3.05, 3.63) is 12.3 Å². The highest BCUT2D eigenvalue weighted by molar-refractivity contribution is 5.77. The van der Waals surface area contributed by atoms with Gasteiger partial charge in [0.2, 0.25) is 6.10 Å². The van der Waals surface area contributed by atoms with Crippen molar-refractivity contribution in [2.24, 2.45) is 0 Å². The summed E-state index contributed by atoms with van der Waals surface area (Å²) in [5.41, 5.74) is 0. The first kappa shape index (κ1) is 14.0. The predicted octanol–water partition coefficient (Wildman–Crippen LogP) is -0.0647. The lowest BCUT2D eigenvalue weighted by atomic mass is 10.1. The Morgan fingerprint density at radius 3 is 2.22 bits per heavy atom. The lowest BCUT2D eigenvalue weighted by Gasteiger charge is -2.31. The first-order valence-corrected chi connectivity index (χ1v) is 5.20. The number of hydrogen-bond donors (Lipinski definition) is 0. The molecule has 0 aromatic carbocycles. The van der Waals surface area contributed by atoms with Gasteiger partial charge >= 0.3 is 17.9 Å². The number of carbonyl (C=O) groups is 3. The van der Waals surface area contributed by atoms with Crippen LogP contribution in [0.4, 0.5) is 0 Å². The van der Waals surface area contributed by atoms with Gasteiger partial charge in [0.05, 0.1) is 13.4 Å². The van der Waals surface area contributed by atoms with Gasteiger partial charge in [-0.25, -0.2) is 4.79 Å². The molecular formula is C11H14O7. The number of ether oxygens (including phenoxy) is 4. The molecule has 3 unspecified atom stereocenters. The Balaban J connectivity index is 2.91. The van der Waals surface area contributed by atoms with E-state index in [-0.39, 0.29) is 0 Å². The van der Waals surface area contributed by atoms with Crippen LogP contribution < -0.4 is 0 Å². The molecule has 0 N–H and O–H groups in total. The van der Waals surface area contributed by atoms with Gasteiger partial charge in [-0.1, -0.05) is 0 Å². The molecule has 100 valence electrons. The number of rotatable bonds is 3. The number of esters is 3. The van der Waals surface area contributed by atoms with E-state index < -0.39 is 36.2 Å². The van der Waals surface area contributed by atoms with E-state index in [0.29, 0.717) is 0 Å². The summed E-state index contributed by atoms with van der Waals surface area (Å²) in [6.45, 7) is 2.39. The molecule has 0 aliphatic carbocycles. The van der Waals surface area contributed by atoms with Crippen LogP contribution in [0.1, 0.15) is 13.8 Å². The van der Waals surface area contributed by atoms with E-state index in [2.05, 4.69) is 4.74 Å². The highest BCUT2D eigenvalue weighted by Gasteiger charge is 2.42. The van der Waals surface area contributed by atoms with Crippen molar-refractivity contribution in [3.8, 4) is 0 Å². The van der Waals surface area contributed by atoms with Crippen molar-refractivity contribution >= 4 is 17.9 Å². The van der Waals surface area contributed by atoms with Crippen molar-refractivity contribution in [1.29, 1.82) is 0 Å². The number of hydrogen-bond acceptors (Lipinski definition) is 7. The Hall–Kier alpha value is -2.05. The average Bonchev–Trinajstić information content (AvgIpc) is 2.29. The van der Waals surface area contributed by atoms with Gasteiger partial charge in [0, 0.05) is 13.8 Å². The summed E-state index contributed by atoms with van der Waals surface area (Å²) < 4.78 is 19.4. The maximum Gasteiger partial charge on any atom is 0.351 e. The second-order valence-corrected chi connectivity index (χ2v) is 3.56. The molecule has 1 aliphatic heterocycles. The third-order valence-electron chi connectivity index (χ3n) is 2.15.